The first kappa shape index (κ1) is 40.8. The molecule has 53 heavy (non-hydrogen) atoms. The van der Waals surface area contributed by atoms with E-state index < -0.39 is 113 Å². The van der Waals surface area contributed by atoms with Crippen LogP contribution in [0.4, 0.5) is 0 Å². The Morgan fingerprint density at radius 2 is 1.19 bits per heavy atom. The highest BCUT2D eigenvalue weighted by molar-refractivity contribution is 6.99. The van der Waals surface area contributed by atoms with Crippen molar-refractivity contribution in [1.29, 1.82) is 0 Å². The molecule has 0 amide bonds. The third kappa shape index (κ3) is 8.17. The Bertz CT molecular complexity index is 1410. The van der Waals surface area contributed by atoms with Crippen molar-refractivity contribution in [3.63, 3.8) is 0 Å². The standard InChI is InChI=1S/C38H56O14Si/c1-38(2,3)53(21-10-6-4-7-11-21,22-12-8-5-9-13-22)48-19-30-23(41)16-27-36(51-30)33(46)31(44)26(49-27)15-20(40)14-24(42)35-25(43)17-28-37(52-35)34(47)32(45)29(18-39)50-28/h4-13,20,23-37,39-47H,14-19H2,1-3H3. The van der Waals surface area contributed by atoms with Crippen LogP contribution in [0, 0.1) is 0 Å². The van der Waals surface area contributed by atoms with Gasteiger partial charge in [0.25, 0.3) is 8.32 Å². The van der Waals surface area contributed by atoms with E-state index >= 15 is 0 Å². The maximum Gasteiger partial charge on any atom is 0.261 e. The summed E-state index contributed by atoms with van der Waals surface area (Å²) < 4.78 is 30.7. The van der Waals surface area contributed by atoms with Gasteiger partial charge in [-0.2, -0.15) is 0 Å². The van der Waals surface area contributed by atoms with Gasteiger partial charge < -0.3 is 69.3 Å². The predicted molar refractivity (Wildman–Crippen MR) is 192 cm³/mol. The summed E-state index contributed by atoms with van der Waals surface area (Å²) in [6, 6.07) is 20.1. The van der Waals surface area contributed by atoms with Crippen LogP contribution in [0.1, 0.15) is 46.5 Å². The van der Waals surface area contributed by atoms with Crippen LogP contribution in [0.5, 0.6) is 0 Å². The molecule has 6 rings (SSSR count). The van der Waals surface area contributed by atoms with Gasteiger partial charge in [-0.25, -0.2) is 0 Å². The number of fused-ring (bicyclic) bond motifs is 2. The van der Waals surface area contributed by atoms with Crippen LogP contribution in [-0.2, 0) is 23.4 Å². The largest absolute Gasteiger partial charge is 0.405 e. The second-order valence-electron chi connectivity index (χ2n) is 16.0. The lowest BCUT2D eigenvalue weighted by Gasteiger charge is -2.50. The second-order valence-corrected chi connectivity index (χ2v) is 20.4. The van der Waals surface area contributed by atoms with E-state index in [0.29, 0.717) is 0 Å². The van der Waals surface area contributed by atoms with Crippen LogP contribution in [-0.4, -0.2) is 165 Å². The third-order valence-corrected chi connectivity index (χ3v) is 16.4. The van der Waals surface area contributed by atoms with Crippen molar-refractivity contribution in [3.8, 4) is 0 Å². The highest BCUT2D eigenvalue weighted by atomic mass is 28.4. The van der Waals surface area contributed by atoms with Gasteiger partial charge in [0.05, 0.1) is 55.9 Å². The fourth-order valence-electron chi connectivity index (χ4n) is 8.66. The Hall–Kier alpha value is -1.90. The zero-order chi connectivity index (χ0) is 38.2. The quantitative estimate of drug-likeness (QED) is 0.114. The predicted octanol–water partition coefficient (Wildman–Crippen LogP) is -1.93. The van der Waals surface area contributed by atoms with E-state index in [2.05, 4.69) is 45.0 Å². The number of benzene rings is 2. The van der Waals surface area contributed by atoms with Crippen LogP contribution < -0.4 is 10.4 Å². The summed E-state index contributed by atoms with van der Waals surface area (Å²) in [7, 11) is -2.96. The van der Waals surface area contributed by atoms with Gasteiger partial charge in [0, 0.05) is 25.7 Å². The van der Waals surface area contributed by atoms with Gasteiger partial charge in [-0.3, -0.25) is 0 Å². The minimum Gasteiger partial charge on any atom is -0.405 e. The van der Waals surface area contributed by atoms with E-state index in [4.69, 9.17) is 23.4 Å². The van der Waals surface area contributed by atoms with Gasteiger partial charge in [0.2, 0.25) is 0 Å². The molecule has 15 heteroatoms. The summed E-state index contributed by atoms with van der Waals surface area (Å²) in [5, 5.41) is 98.4. The molecule has 4 aliphatic rings. The van der Waals surface area contributed by atoms with E-state index in [1.165, 1.54) is 0 Å². The van der Waals surface area contributed by atoms with Crippen molar-refractivity contribution < 1.29 is 69.3 Å². The highest BCUT2D eigenvalue weighted by Gasteiger charge is 2.55. The summed E-state index contributed by atoms with van der Waals surface area (Å²) >= 11 is 0. The average Bonchev–Trinajstić information content (AvgIpc) is 3.12. The van der Waals surface area contributed by atoms with Crippen molar-refractivity contribution in [2.45, 2.75) is 149 Å². The number of hydrogen-bond acceptors (Lipinski definition) is 14. The second kappa shape index (κ2) is 16.7. The first-order valence-corrected chi connectivity index (χ1v) is 20.5. The molecule has 9 N–H and O–H groups in total. The Morgan fingerprint density at radius 3 is 1.74 bits per heavy atom. The molecule has 4 aliphatic heterocycles. The molecule has 4 fully saturated rings. The van der Waals surface area contributed by atoms with E-state index in [-0.39, 0.29) is 37.3 Å². The van der Waals surface area contributed by atoms with E-state index in [0.717, 1.165) is 10.4 Å². The van der Waals surface area contributed by atoms with Gasteiger partial charge >= 0.3 is 0 Å². The monoisotopic (exact) mass is 764 g/mol. The first-order valence-electron chi connectivity index (χ1n) is 18.6. The lowest BCUT2D eigenvalue weighted by atomic mass is 9.85. The average molecular weight is 765 g/mol. The topological polar surface area (TPSA) is 228 Å². The fraction of sp³-hybridized carbons (Fsp3) is 0.684. The Balaban J connectivity index is 1.08. The number of aliphatic hydroxyl groups excluding tert-OH is 9. The molecule has 0 radical (unpaired) electrons. The van der Waals surface area contributed by atoms with Gasteiger partial charge in [0.1, 0.15) is 54.9 Å². The molecule has 2 aromatic carbocycles. The third-order valence-electron chi connectivity index (χ3n) is 11.4. The maximum absolute atomic E-state index is 11.3. The molecule has 0 aliphatic carbocycles. The van der Waals surface area contributed by atoms with Crippen LogP contribution in [0.2, 0.25) is 5.04 Å². The summed E-state index contributed by atoms with van der Waals surface area (Å²) in [6.45, 7) is 5.92. The lowest BCUT2D eigenvalue weighted by molar-refractivity contribution is -0.296. The van der Waals surface area contributed by atoms with Gasteiger partial charge in [-0.05, 0) is 15.4 Å². The van der Waals surface area contributed by atoms with Crippen LogP contribution in [0.15, 0.2) is 60.7 Å². The molecular weight excluding hydrogens is 708 g/mol. The van der Waals surface area contributed by atoms with Crippen molar-refractivity contribution in [2.75, 3.05) is 13.2 Å². The normalized spacial score (nSPS) is 39.1. The van der Waals surface area contributed by atoms with Crippen molar-refractivity contribution in [2.24, 2.45) is 0 Å². The smallest absolute Gasteiger partial charge is 0.261 e. The molecule has 0 spiro atoms. The summed E-state index contributed by atoms with van der Waals surface area (Å²) in [5.74, 6) is 0. The maximum atomic E-state index is 11.3. The first-order chi connectivity index (χ1) is 25.2. The van der Waals surface area contributed by atoms with Crippen LogP contribution in [0.25, 0.3) is 0 Å². The molecule has 0 saturated carbocycles. The molecular formula is C38H56O14Si. The van der Waals surface area contributed by atoms with Crippen molar-refractivity contribution in [3.05, 3.63) is 60.7 Å². The molecule has 4 saturated heterocycles. The number of hydrogen-bond donors (Lipinski definition) is 9. The molecule has 0 bridgehead atoms. The summed E-state index contributed by atoms with van der Waals surface area (Å²) in [4.78, 5) is 0. The minimum atomic E-state index is -2.96. The number of ether oxygens (including phenoxy) is 4. The molecule has 16 atom stereocenters. The minimum absolute atomic E-state index is 0.0291. The highest BCUT2D eigenvalue weighted by Crippen LogP contribution is 2.39. The van der Waals surface area contributed by atoms with E-state index in [1.54, 1.807) is 0 Å². The molecule has 2 aromatic rings. The van der Waals surface area contributed by atoms with Crippen LogP contribution in [0.3, 0.4) is 0 Å². The summed E-state index contributed by atoms with van der Waals surface area (Å²) in [6.07, 6.45) is -19.1. The Labute approximate surface area is 310 Å². The molecule has 16 unspecified atom stereocenters. The lowest BCUT2D eigenvalue weighted by Crippen LogP contribution is -2.68. The zero-order valence-corrected chi connectivity index (χ0v) is 31.3. The van der Waals surface area contributed by atoms with Crippen molar-refractivity contribution in [1.82, 2.24) is 0 Å². The zero-order valence-electron chi connectivity index (χ0n) is 30.3. The van der Waals surface area contributed by atoms with E-state index in [9.17, 15) is 46.0 Å². The molecule has 296 valence electrons. The van der Waals surface area contributed by atoms with E-state index in [1.807, 2.05) is 36.4 Å². The van der Waals surface area contributed by atoms with Gasteiger partial charge in [0.15, 0.2) is 0 Å². The number of aliphatic hydroxyl groups is 9. The summed E-state index contributed by atoms with van der Waals surface area (Å²) in [5.41, 5.74) is 0. The Morgan fingerprint density at radius 1 is 0.679 bits per heavy atom. The SMILES string of the molecule is CC(C)(C)[Si](OCC1OC2C(CC1O)OC(CC(O)CC(O)C1OC3C(CC1O)OC(CO)C(O)C3O)C(O)C2O)(c1ccccc1)c1ccccc1. The van der Waals surface area contributed by atoms with Gasteiger partial charge in [-0.1, -0.05) is 81.4 Å². The molecule has 4 heterocycles. The van der Waals surface area contributed by atoms with Crippen LogP contribution >= 0.6 is 0 Å². The number of rotatable bonds is 11. The van der Waals surface area contributed by atoms with Gasteiger partial charge in [-0.15, -0.1) is 0 Å². The fourth-order valence-corrected chi connectivity index (χ4v) is 13.2. The molecule has 0 aromatic heterocycles. The molecule has 14 nitrogen and oxygen atoms in total. The Kier molecular flexibility index (Phi) is 12.8. The van der Waals surface area contributed by atoms with Crippen molar-refractivity contribution >= 4 is 18.7 Å².